The Morgan fingerprint density at radius 2 is 1.86 bits per heavy atom. The standard InChI is InChI=1S/C18H16F3N3O4/c1-11-16(26)24(14-2-4-15(5-3-14)28-18(19,20)21)17(27)23(11)9-12-6-7-22-13(8-12)10-25/h2-8,25-26H,9-10H2,1H3. The monoisotopic (exact) mass is 395 g/mol. The molecule has 2 heterocycles. The maximum atomic E-state index is 12.8. The van der Waals surface area contributed by atoms with E-state index < -0.39 is 17.8 Å². The molecule has 0 saturated carbocycles. The van der Waals surface area contributed by atoms with E-state index in [1.807, 2.05) is 0 Å². The van der Waals surface area contributed by atoms with Crippen molar-refractivity contribution >= 4 is 0 Å². The molecule has 0 aliphatic carbocycles. The van der Waals surface area contributed by atoms with Crippen LogP contribution in [-0.4, -0.2) is 30.7 Å². The fourth-order valence-electron chi connectivity index (χ4n) is 2.75. The van der Waals surface area contributed by atoms with Gasteiger partial charge < -0.3 is 14.9 Å². The molecular weight excluding hydrogens is 379 g/mol. The van der Waals surface area contributed by atoms with Gasteiger partial charge in [-0.25, -0.2) is 9.36 Å². The lowest BCUT2D eigenvalue weighted by atomic mass is 10.2. The van der Waals surface area contributed by atoms with E-state index in [1.54, 1.807) is 19.1 Å². The van der Waals surface area contributed by atoms with Gasteiger partial charge in [-0.1, -0.05) is 0 Å². The third-order valence-corrected chi connectivity index (χ3v) is 4.07. The second kappa shape index (κ2) is 7.39. The Hall–Kier alpha value is -3.27. The molecule has 0 bridgehead atoms. The molecule has 0 aliphatic heterocycles. The van der Waals surface area contributed by atoms with Gasteiger partial charge in [0.25, 0.3) is 0 Å². The van der Waals surface area contributed by atoms with Crippen molar-refractivity contribution in [3.63, 3.8) is 0 Å². The van der Waals surface area contributed by atoms with Crippen LogP contribution in [0.25, 0.3) is 5.69 Å². The van der Waals surface area contributed by atoms with Gasteiger partial charge in [0.2, 0.25) is 5.88 Å². The van der Waals surface area contributed by atoms with Crippen LogP contribution in [0, 0.1) is 6.92 Å². The zero-order valence-electron chi connectivity index (χ0n) is 14.6. The molecule has 0 radical (unpaired) electrons. The van der Waals surface area contributed by atoms with Crippen LogP contribution in [-0.2, 0) is 13.2 Å². The first-order valence-corrected chi connectivity index (χ1v) is 8.11. The average molecular weight is 395 g/mol. The molecule has 0 fully saturated rings. The van der Waals surface area contributed by atoms with Crippen LogP contribution in [0.1, 0.15) is 17.0 Å². The molecule has 0 aliphatic rings. The zero-order chi connectivity index (χ0) is 20.5. The van der Waals surface area contributed by atoms with Gasteiger partial charge in [-0.3, -0.25) is 9.55 Å². The van der Waals surface area contributed by atoms with Gasteiger partial charge >= 0.3 is 12.1 Å². The SMILES string of the molecule is Cc1c(O)n(-c2ccc(OC(F)(F)F)cc2)c(=O)n1Cc1ccnc(CO)c1. The minimum atomic E-state index is -4.82. The summed E-state index contributed by atoms with van der Waals surface area (Å²) in [6.07, 6.45) is -3.32. The second-order valence-corrected chi connectivity index (χ2v) is 5.97. The smallest absolute Gasteiger partial charge is 0.493 e. The highest BCUT2D eigenvalue weighted by Gasteiger charge is 2.31. The normalized spacial score (nSPS) is 11.6. The Bertz CT molecular complexity index is 1040. The molecule has 7 nitrogen and oxygen atoms in total. The molecule has 3 aromatic rings. The summed E-state index contributed by atoms with van der Waals surface area (Å²) in [4.78, 5) is 16.7. The molecule has 3 rings (SSSR count). The summed E-state index contributed by atoms with van der Waals surface area (Å²) in [6.45, 7) is 1.42. The molecule has 0 spiro atoms. The fraction of sp³-hybridized carbons (Fsp3) is 0.222. The maximum Gasteiger partial charge on any atom is 0.573 e. The Morgan fingerprint density at radius 1 is 1.18 bits per heavy atom. The predicted octanol–water partition coefficient (Wildman–Crippen LogP) is 2.49. The molecule has 0 atom stereocenters. The highest BCUT2D eigenvalue weighted by Crippen LogP contribution is 2.25. The van der Waals surface area contributed by atoms with Crippen molar-refractivity contribution in [2.24, 2.45) is 0 Å². The first kappa shape index (κ1) is 19.5. The van der Waals surface area contributed by atoms with E-state index in [2.05, 4.69) is 9.72 Å². The van der Waals surface area contributed by atoms with Crippen molar-refractivity contribution in [3.8, 4) is 17.3 Å². The van der Waals surface area contributed by atoms with E-state index in [4.69, 9.17) is 0 Å². The number of alkyl halides is 3. The average Bonchev–Trinajstić information content (AvgIpc) is 2.85. The number of aromatic hydroxyl groups is 1. The van der Waals surface area contributed by atoms with Gasteiger partial charge in [-0.2, -0.15) is 0 Å². The van der Waals surface area contributed by atoms with Crippen molar-refractivity contribution in [2.45, 2.75) is 26.4 Å². The number of pyridine rings is 1. The Kier molecular flexibility index (Phi) is 5.14. The van der Waals surface area contributed by atoms with Gasteiger partial charge in [0.1, 0.15) is 5.75 Å². The van der Waals surface area contributed by atoms with Crippen molar-refractivity contribution < 1.29 is 28.1 Å². The predicted molar refractivity (Wildman–Crippen MR) is 92.4 cm³/mol. The lowest BCUT2D eigenvalue weighted by molar-refractivity contribution is -0.274. The van der Waals surface area contributed by atoms with Crippen molar-refractivity contribution in [2.75, 3.05) is 0 Å². The van der Waals surface area contributed by atoms with Crippen molar-refractivity contribution in [1.29, 1.82) is 0 Å². The number of aromatic nitrogens is 3. The van der Waals surface area contributed by atoms with Gasteiger partial charge in [0.15, 0.2) is 0 Å². The largest absolute Gasteiger partial charge is 0.573 e. The molecule has 2 aromatic heterocycles. The Balaban J connectivity index is 1.95. The number of rotatable bonds is 5. The fourth-order valence-corrected chi connectivity index (χ4v) is 2.75. The maximum absolute atomic E-state index is 12.8. The lowest BCUT2D eigenvalue weighted by Gasteiger charge is -2.09. The Labute approximate surface area is 156 Å². The number of imidazole rings is 1. The molecule has 0 unspecified atom stereocenters. The quantitative estimate of drug-likeness (QED) is 0.693. The minimum Gasteiger partial charge on any atom is -0.493 e. The van der Waals surface area contributed by atoms with Crippen LogP contribution in [0.15, 0.2) is 47.4 Å². The summed E-state index contributed by atoms with van der Waals surface area (Å²) in [6, 6.07) is 7.88. The minimum absolute atomic E-state index is 0.121. The molecule has 2 N–H and O–H groups in total. The first-order valence-electron chi connectivity index (χ1n) is 8.11. The lowest BCUT2D eigenvalue weighted by Crippen LogP contribution is -2.24. The summed E-state index contributed by atoms with van der Waals surface area (Å²) < 4.78 is 42.9. The van der Waals surface area contributed by atoms with E-state index in [0.717, 1.165) is 16.7 Å². The second-order valence-electron chi connectivity index (χ2n) is 5.97. The number of halogens is 3. The zero-order valence-corrected chi connectivity index (χ0v) is 14.6. The first-order chi connectivity index (χ1) is 13.2. The number of hydrogen-bond acceptors (Lipinski definition) is 5. The van der Waals surface area contributed by atoms with Crippen molar-refractivity contribution in [1.82, 2.24) is 14.1 Å². The van der Waals surface area contributed by atoms with E-state index in [9.17, 15) is 28.2 Å². The number of aliphatic hydroxyl groups excluding tert-OH is 1. The highest BCUT2D eigenvalue weighted by molar-refractivity contribution is 5.41. The van der Waals surface area contributed by atoms with E-state index in [1.165, 1.54) is 22.9 Å². The summed E-state index contributed by atoms with van der Waals surface area (Å²) in [7, 11) is 0. The molecule has 10 heteroatoms. The molecular formula is C18H16F3N3O4. The van der Waals surface area contributed by atoms with E-state index >= 15 is 0 Å². The van der Waals surface area contributed by atoms with Crippen LogP contribution in [0.3, 0.4) is 0 Å². The topological polar surface area (TPSA) is 89.5 Å². The van der Waals surface area contributed by atoms with Gasteiger partial charge in [0, 0.05) is 6.20 Å². The highest BCUT2D eigenvalue weighted by atomic mass is 19.4. The Morgan fingerprint density at radius 3 is 2.46 bits per heavy atom. The van der Waals surface area contributed by atoms with Gasteiger partial charge in [0.05, 0.1) is 30.2 Å². The number of benzene rings is 1. The molecule has 28 heavy (non-hydrogen) atoms. The number of nitrogens with zero attached hydrogens (tertiary/aromatic N) is 3. The van der Waals surface area contributed by atoms with Crippen LogP contribution in [0.4, 0.5) is 13.2 Å². The van der Waals surface area contributed by atoms with Crippen LogP contribution in [0.5, 0.6) is 11.6 Å². The van der Waals surface area contributed by atoms with Crippen molar-refractivity contribution in [3.05, 3.63) is 70.0 Å². The van der Waals surface area contributed by atoms with Crippen LogP contribution < -0.4 is 10.4 Å². The molecule has 148 valence electrons. The number of aliphatic hydroxyl groups is 1. The van der Waals surface area contributed by atoms with Crippen LogP contribution in [0.2, 0.25) is 0 Å². The van der Waals surface area contributed by atoms with Gasteiger partial charge in [-0.05, 0) is 48.9 Å². The molecule has 0 amide bonds. The summed E-state index contributed by atoms with van der Waals surface area (Å²) >= 11 is 0. The number of hydrogen-bond donors (Lipinski definition) is 2. The summed E-state index contributed by atoms with van der Waals surface area (Å²) in [5, 5.41) is 19.5. The van der Waals surface area contributed by atoms with E-state index in [0.29, 0.717) is 11.3 Å². The third-order valence-electron chi connectivity index (χ3n) is 4.07. The van der Waals surface area contributed by atoms with Gasteiger partial charge in [-0.15, -0.1) is 13.2 Å². The van der Waals surface area contributed by atoms with Crippen LogP contribution >= 0.6 is 0 Å². The third kappa shape index (κ3) is 4.01. The number of ether oxygens (including phenoxy) is 1. The van der Waals surface area contributed by atoms with E-state index in [-0.39, 0.29) is 30.4 Å². The molecule has 0 saturated heterocycles. The summed E-state index contributed by atoms with van der Waals surface area (Å²) in [5.74, 6) is -0.765. The summed E-state index contributed by atoms with van der Waals surface area (Å²) in [5.41, 5.74) is 1.02. The molecule has 1 aromatic carbocycles.